The average Bonchev–Trinajstić information content (AvgIpc) is 2.95. The van der Waals surface area contributed by atoms with Gasteiger partial charge in [0.05, 0.1) is 22.9 Å². The minimum atomic E-state index is 0.335. The first kappa shape index (κ1) is 15.0. The first-order valence-corrected chi connectivity index (χ1v) is 8.31. The second kappa shape index (κ2) is 6.46. The van der Waals surface area contributed by atoms with E-state index < -0.39 is 0 Å². The molecule has 3 nitrogen and oxygen atoms in total. The van der Waals surface area contributed by atoms with Crippen molar-refractivity contribution in [3.05, 3.63) is 58.6 Å². The highest BCUT2D eigenvalue weighted by Gasteiger charge is 2.15. The molecule has 0 saturated heterocycles. The first-order valence-electron chi connectivity index (χ1n) is 7.49. The number of methoxy groups -OCH3 is 1. The highest BCUT2D eigenvalue weighted by atomic mass is 32.1. The second-order valence-electron chi connectivity index (χ2n) is 5.55. The lowest BCUT2D eigenvalue weighted by Gasteiger charge is -2.14. The number of rotatable bonds is 5. The third kappa shape index (κ3) is 3.13. The summed E-state index contributed by atoms with van der Waals surface area (Å²) in [5.74, 6) is 0.957. The second-order valence-corrected chi connectivity index (χ2v) is 6.66. The van der Waals surface area contributed by atoms with E-state index in [2.05, 4.69) is 49.5 Å². The van der Waals surface area contributed by atoms with Crippen LogP contribution in [0.4, 0.5) is 0 Å². The lowest BCUT2D eigenvalue weighted by atomic mass is 10.0. The van der Waals surface area contributed by atoms with E-state index >= 15 is 0 Å². The number of quaternary nitrogens is 1. The van der Waals surface area contributed by atoms with E-state index in [9.17, 15) is 0 Å². The molecule has 4 heteroatoms. The van der Waals surface area contributed by atoms with Crippen LogP contribution in [0.15, 0.2) is 42.5 Å². The van der Waals surface area contributed by atoms with Gasteiger partial charge in [-0.1, -0.05) is 23.8 Å². The Kier molecular flexibility index (Phi) is 4.41. The van der Waals surface area contributed by atoms with Gasteiger partial charge in [-0.05, 0) is 38.1 Å². The molecule has 0 aliphatic heterocycles. The van der Waals surface area contributed by atoms with Gasteiger partial charge in [-0.3, -0.25) is 0 Å². The van der Waals surface area contributed by atoms with Gasteiger partial charge in [0, 0.05) is 0 Å². The van der Waals surface area contributed by atoms with E-state index in [1.165, 1.54) is 20.8 Å². The number of para-hydroxylation sites is 1. The lowest BCUT2D eigenvalue weighted by molar-refractivity contribution is -0.707. The summed E-state index contributed by atoms with van der Waals surface area (Å²) in [5.41, 5.74) is 3.59. The summed E-state index contributed by atoms with van der Waals surface area (Å²) in [7, 11) is 1.73. The number of nitrogens with two attached hydrogens (primary N) is 1. The Morgan fingerprint density at radius 1 is 1.23 bits per heavy atom. The van der Waals surface area contributed by atoms with Crippen LogP contribution in [0.3, 0.4) is 0 Å². The summed E-state index contributed by atoms with van der Waals surface area (Å²) in [6.45, 7) is 5.21. The highest BCUT2D eigenvalue weighted by molar-refractivity contribution is 7.18. The van der Waals surface area contributed by atoms with Crippen molar-refractivity contribution in [2.24, 2.45) is 0 Å². The molecule has 0 fully saturated rings. The van der Waals surface area contributed by atoms with Gasteiger partial charge in [0.15, 0.2) is 0 Å². The Labute approximate surface area is 135 Å². The van der Waals surface area contributed by atoms with E-state index in [-0.39, 0.29) is 0 Å². The van der Waals surface area contributed by atoms with Crippen LogP contribution in [0.5, 0.6) is 5.75 Å². The number of hydrogen-bond acceptors (Lipinski definition) is 3. The number of hydrogen-bond donors (Lipinski definition) is 1. The van der Waals surface area contributed by atoms with Crippen LogP contribution in [0.2, 0.25) is 0 Å². The molecule has 2 N–H and O–H groups in total. The molecule has 3 rings (SSSR count). The van der Waals surface area contributed by atoms with Crippen LogP contribution in [0.1, 0.15) is 29.1 Å². The van der Waals surface area contributed by atoms with Crippen LogP contribution >= 0.6 is 11.3 Å². The van der Waals surface area contributed by atoms with Gasteiger partial charge in [0.25, 0.3) is 0 Å². The topological polar surface area (TPSA) is 38.7 Å². The molecule has 0 aliphatic carbocycles. The average molecular weight is 313 g/mol. The van der Waals surface area contributed by atoms with Gasteiger partial charge < -0.3 is 10.1 Å². The molecule has 1 atom stereocenters. The Balaban J connectivity index is 1.74. The van der Waals surface area contributed by atoms with Crippen molar-refractivity contribution in [1.29, 1.82) is 0 Å². The van der Waals surface area contributed by atoms with Gasteiger partial charge in [0.2, 0.25) is 0 Å². The molecule has 0 amide bonds. The molecule has 114 valence electrons. The van der Waals surface area contributed by atoms with Gasteiger partial charge in [-0.15, -0.1) is 11.3 Å². The molecule has 0 saturated carbocycles. The van der Waals surface area contributed by atoms with Gasteiger partial charge in [0.1, 0.15) is 23.3 Å². The fourth-order valence-electron chi connectivity index (χ4n) is 2.62. The van der Waals surface area contributed by atoms with Crippen LogP contribution in [0, 0.1) is 6.92 Å². The Morgan fingerprint density at radius 2 is 2.05 bits per heavy atom. The number of aryl methyl sites for hydroxylation is 1. The molecule has 1 aromatic heterocycles. The Hall–Kier alpha value is -1.91. The first-order chi connectivity index (χ1) is 10.7. The predicted molar refractivity (Wildman–Crippen MR) is 91.4 cm³/mol. The fourth-order valence-corrected chi connectivity index (χ4v) is 3.56. The summed E-state index contributed by atoms with van der Waals surface area (Å²) in [6.07, 6.45) is 0. The number of benzene rings is 2. The van der Waals surface area contributed by atoms with Crippen LogP contribution in [-0.2, 0) is 6.54 Å². The van der Waals surface area contributed by atoms with Crippen LogP contribution < -0.4 is 10.1 Å². The van der Waals surface area contributed by atoms with Crippen molar-refractivity contribution in [3.8, 4) is 5.75 Å². The van der Waals surface area contributed by atoms with E-state index in [1.54, 1.807) is 18.4 Å². The molecule has 3 aromatic rings. The summed E-state index contributed by atoms with van der Waals surface area (Å²) < 4.78 is 6.74. The van der Waals surface area contributed by atoms with Gasteiger partial charge in [-0.25, -0.2) is 4.98 Å². The third-order valence-corrected chi connectivity index (χ3v) is 4.92. The highest BCUT2D eigenvalue weighted by Crippen LogP contribution is 2.24. The number of nitrogens with zero attached hydrogens (tertiary/aromatic N) is 1. The molecule has 2 aromatic carbocycles. The SMILES string of the molecule is COc1ccc(C)cc1[C@H](C)[NH2+]Cc1nc2ccccc2s1. The molecule has 0 bridgehead atoms. The number of ether oxygens (including phenoxy) is 1. The van der Waals surface area contributed by atoms with Crippen molar-refractivity contribution in [2.75, 3.05) is 7.11 Å². The zero-order valence-corrected chi connectivity index (χ0v) is 14.0. The smallest absolute Gasteiger partial charge is 0.148 e. The maximum Gasteiger partial charge on any atom is 0.148 e. The third-order valence-electron chi connectivity index (χ3n) is 3.86. The minimum Gasteiger partial charge on any atom is -0.496 e. The summed E-state index contributed by atoms with van der Waals surface area (Å²) >= 11 is 1.77. The fraction of sp³-hybridized carbons (Fsp3) is 0.278. The van der Waals surface area contributed by atoms with Crippen molar-refractivity contribution in [1.82, 2.24) is 4.98 Å². The molecule has 0 spiro atoms. The number of fused-ring (bicyclic) bond motifs is 1. The predicted octanol–water partition coefficient (Wildman–Crippen LogP) is 3.44. The quantitative estimate of drug-likeness (QED) is 0.783. The van der Waals surface area contributed by atoms with E-state index in [0.29, 0.717) is 6.04 Å². The van der Waals surface area contributed by atoms with Crippen molar-refractivity contribution in [3.63, 3.8) is 0 Å². The molecule has 0 radical (unpaired) electrons. The summed E-state index contributed by atoms with van der Waals surface area (Å²) in [6, 6.07) is 15.0. The molecular weight excluding hydrogens is 292 g/mol. The number of thiazole rings is 1. The normalized spacial score (nSPS) is 12.5. The monoisotopic (exact) mass is 313 g/mol. The van der Waals surface area contributed by atoms with Crippen molar-refractivity contribution in [2.45, 2.75) is 26.4 Å². The maximum atomic E-state index is 5.49. The van der Waals surface area contributed by atoms with Crippen LogP contribution in [0.25, 0.3) is 10.2 Å². The minimum absolute atomic E-state index is 0.335. The van der Waals surface area contributed by atoms with Gasteiger partial charge in [-0.2, -0.15) is 0 Å². The largest absolute Gasteiger partial charge is 0.496 e. The van der Waals surface area contributed by atoms with Crippen molar-refractivity contribution < 1.29 is 10.1 Å². The Bertz CT molecular complexity index is 749. The van der Waals surface area contributed by atoms with E-state index in [0.717, 1.165) is 17.8 Å². The molecule has 1 heterocycles. The lowest BCUT2D eigenvalue weighted by Crippen LogP contribution is -2.83. The van der Waals surface area contributed by atoms with E-state index in [1.807, 2.05) is 12.1 Å². The van der Waals surface area contributed by atoms with E-state index in [4.69, 9.17) is 9.72 Å². The molecule has 0 unspecified atom stereocenters. The molecule has 22 heavy (non-hydrogen) atoms. The Morgan fingerprint density at radius 3 is 2.82 bits per heavy atom. The summed E-state index contributed by atoms with van der Waals surface area (Å²) in [4.78, 5) is 4.69. The van der Waals surface area contributed by atoms with Crippen molar-refractivity contribution >= 4 is 21.6 Å². The molecule has 0 aliphatic rings. The standard InChI is InChI=1S/C18H20N2OS/c1-12-8-9-16(21-3)14(10-12)13(2)19-11-18-20-15-6-4-5-7-17(15)22-18/h4-10,13,19H,11H2,1-3H3/p+1/t13-/m0/s1. The zero-order chi connectivity index (χ0) is 15.5. The summed E-state index contributed by atoms with van der Waals surface area (Å²) in [5, 5.41) is 3.48. The van der Waals surface area contributed by atoms with Crippen LogP contribution in [-0.4, -0.2) is 12.1 Å². The molecular formula is C18H21N2OS+. The zero-order valence-electron chi connectivity index (χ0n) is 13.2. The number of aromatic nitrogens is 1. The maximum absolute atomic E-state index is 5.49. The van der Waals surface area contributed by atoms with Gasteiger partial charge >= 0.3 is 0 Å².